The Morgan fingerprint density at radius 2 is 1.88 bits per heavy atom. The van der Waals surface area contributed by atoms with Crippen LogP contribution in [0.4, 0.5) is 0 Å². The summed E-state index contributed by atoms with van der Waals surface area (Å²) >= 11 is 6.36. The molecular formula is C19H32Cl2N2O3. The minimum atomic E-state index is -0.305. The summed E-state index contributed by atoms with van der Waals surface area (Å²) < 4.78 is 11.3. The Hall–Kier alpha value is -1.17. The molecule has 0 saturated carbocycles. The standard InChI is InChI=1S/C19H31ClN2O3.ClH/c1-6-8-9-21-12-14-10-15(20)18(16(11-14)24-7-2)25-13-17(23)22-19(3,4)5;/h10-11,21H,6-9,12-13H2,1-5H3,(H,22,23);1H. The molecule has 0 aliphatic heterocycles. The van der Waals surface area contributed by atoms with Crippen molar-refractivity contribution in [2.45, 2.75) is 59.5 Å². The van der Waals surface area contributed by atoms with Crippen LogP contribution < -0.4 is 20.1 Å². The third kappa shape index (κ3) is 9.51. The number of halogens is 2. The molecule has 0 atom stereocenters. The maximum Gasteiger partial charge on any atom is 0.258 e. The van der Waals surface area contributed by atoms with Gasteiger partial charge in [-0.2, -0.15) is 0 Å². The third-order valence-electron chi connectivity index (χ3n) is 3.27. The lowest BCUT2D eigenvalue weighted by Crippen LogP contribution is -2.43. The number of benzene rings is 1. The van der Waals surface area contributed by atoms with E-state index in [-0.39, 0.29) is 30.5 Å². The van der Waals surface area contributed by atoms with Crippen LogP contribution in [0.3, 0.4) is 0 Å². The van der Waals surface area contributed by atoms with Gasteiger partial charge in [0.2, 0.25) is 0 Å². The van der Waals surface area contributed by atoms with Crippen LogP contribution >= 0.6 is 24.0 Å². The third-order valence-corrected chi connectivity index (χ3v) is 3.55. The van der Waals surface area contributed by atoms with Crippen molar-refractivity contribution in [3.8, 4) is 11.5 Å². The Kier molecular flexibility index (Phi) is 11.7. The zero-order valence-corrected chi connectivity index (χ0v) is 18.0. The molecule has 0 unspecified atom stereocenters. The van der Waals surface area contributed by atoms with Gasteiger partial charge in [-0.15, -0.1) is 12.4 Å². The highest BCUT2D eigenvalue weighted by atomic mass is 35.5. The average molecular weight is 407 g/mol. The quantitative estimate of drug-likeness (QED) is 0.567. The van der Waals surface area contributed by atoms with Crippen LogP contribution in [-0.4, -0.2) is 31.2 Å². The van der Waals surface area contributed by atoms with Crippen molar-refractivity contribution in [1.82, 2.24) is 10.6 Å². The van der Waals surface area contributed by atoms with Crippen molar-refractivity contribution < 1.29 is 14.3 Å². The number of unbranched alkanes of at least 4 members (excludes halogenated alkanes) is 1. The highest BCUT2D eigenvalue weighted by Crippen LogP contribution is 2.36. The van der Waals surface area contributed by atoms with E-state index in [0.717, 1.165) is 24.9 Å². The van der Waals surface area contributed by atoms with Crippen LogP contribution in [0, 0.1) is 0 Å². The van der Waals surface area contributed by atoms with Gasteiger partial charge in [0.15, 0.2) is 18.1 Å². The fourth-order valence-corrected chi connectivity index (χ4v) is 2.54. The topological polar surface area (TPSA) is 59.6 Å². The zero-order valence-electron chi connectivity index (χ0n) is 16.4. The van der Waals surface area contributed by atoms with Crippen LogP contribution in [-0.2, 0) is 11.3 Å². The van der Waals surface area contributed by atoms with Gasteiger partial charge in [-0.3, -0.25) is 4.79 Å². The maximum atomic E-state index is 12.0. The van der Waals surface area contributed by atoms with Crippen molar-refractivity contribution >= 4 is 29.9 Å². The van der Waals surface area contributed by atoms with Crippen LogP contribution in [0.1, 0.15) is 53.0 Å². The zero-order chi connectivity index (χ0) is 18.9. The molecule has 1 aromatic rings. The summed E-state index contributed by atoms with van der Waals surface area (Å²) in [6.45, 7) is 11.9. The Balaban J connectivity index is 0.00000625. The summed E-state index contributed by atoms with van der Waals surface area (Å²) in [5, 5.41) is 6.68. The Morgan fingerprint density at radius 1 is 1.19 bits per heavy atom. The minimum Gasteiger partial charge on any atom is -0.490 e. The molecule has 0 aliphatic carbocycles. The van der Waals surface area contributed by atoms with Crippen LogP contribution in [0.25, 0.3) is 0 Å². The fourth-order valence-electron chi connectivity index (χ4n) is 2.25. The summed E-state index contributed by atoms with van der Waals surface area (Å²) in [4.78, 5) is 12.0. The molecule has 26 heavy (non-hydrogen) atoms. The molecule has 1 aromatic carbocycles. The van der Waals surface area contributed by atoms with Crippen molar-refractivity contribution in [3.63, 3.8) is 0 Å². The molecule has 0 spiro atoms. The Bertz CT molecular complexity index is 560. The highest BCUT2D eigenvalue weighted by molar-refractivity contribution is 6.32. The molecule has 0 aliphatic rings. The van der Waals surface area contributed by atoms with E-state index in [0.29, 0.717) is 29.7 Å². The molecule has 7 heteroatoms. The van der Waals surface area contributed by atoms with Gasteiger partial charge < -0.3 is 20.1 Å². The van der Waals surface area contributed by atoms with Crippen LogP contribution in [0.2, 0.25) is 5.02 Å². The number of hydrogen-bond acceptors (Lipinski definition) is 4. The number of carbonyl (C=O) groups is 1. The van der Waals surface area contributed by atoms with Gasteiger partial charge in [-0.25, -0.2) is 0 Å². The summed E-state index contributed by atoms with van der Waals surface area (Å²) in [5.74, 6) is 0.770. The molecule has 1 amide bonds. The molecule has 0 aromatic heterocycles. The van der Waals surface area contributed by atoms with E-state index >= 15 is 0 Å². The maximum absolute atomic E-state index is 12.0. The second kappa shape index (κ2) is 12.3. The average Bonchev–Trinajstić information content (AvgIpc) is 2.49. The summed E-state index contributed by atoms with van der Waals surface area (Å²) in [5.41, 5.74) is 0.720. The molecule has 2 N–H and O–H groups in total. The second-order valence-electron chi connectivity index (χ2n) is 6.96. The number of carbonyl (C=O) groups excluding carboxylic acids is 1. The van der Waals surface area contributed by atoms with Crippen molar-refractivity contribution in [2.75, 3.05) is 19.8 Å². The van der Waals surface area contributed by atoms with Gasteiger partial charge in [0, 0.05) is 12.1 Å². The van der Waals surface area contributed by atoms with Crippen molar-refractivity contribution in [1.29, 1.82) is 0 Å². The molecule has 5 nitrogen and oxygen atoms in total. The number of hydrogen-bond donors (Lipinski definition) is 2. The second-order valence-corrected chi connectivity index (χ2v) is 7.36. The van der Waals surface area contributed by atoms with Gasteiger partial charge >= 0.3 is 0 Å². The van der Waals surface area contributed by atoms with Crippen molar-refractivity contribution in [2.24, 2.45) is 0 Å². The van der Waals surface area contributed by atoms with E-state index in [1.165, 1.54) is 0 Å². The predicted molar refractivity (Wildman–Crippen MR) is 110 cm³/mol. The van der Waals surface area contributed by atoms with E-state index in [1.54, 1.807) is 0 Å². The smallest absolute Gasteiger partial charge is 0.258 e. The van der Waals surface area contributed by atoms with Gasteiger partial charge in [0.05, 0.1) is 11.6 Å². The molecule has 1 rings (SSSR count). The van der Waals surface area contributed by atoms with E-state index in [1.807, 2.05) is 39.8 Å². The molecule has 0 heterocycles. The van der Waals surface area contributed by atoms with E-state index in [9.17, 15) is 4.79 Å². The lowest BCUT2D eigenvalue weighted by atomic mass is 10.1. The van der Waals surface area contributed by atoms with Gasteiger partial charge in [-0.1, -0.05) is 24.9 Å². The molecule has 150 valence electrons. The molecular weight excluding hydrogens is 375 g/mol. The monoisotopic (exact) mass is 406 g/mol. The van der Waals surface area contributed by atoms with Crippen LogP contribution in [0.5, 0.6) is 11.5 Å². The lowest BCUT2D eigenvalue weighted by Gasteiger charge is -2.21. The van der Waals surface area contributed by atoms with Crippen LogP contribution in [0.15, 0.2) is 12.1 Å². The highest BCUT2D eigenvalue weighted by Gasteiger charge is 2.17. The predicted octanol–water partition coefficient (Wildman–Crippen LogP) is 4.34. The number of nitrogens with one attached hydrogen (secondary N) is 2. The first-order valence-electron chi connectivity index (χ1n) is 8.86. The van der Waals surface area contributed by atoms with E-state index < -0.39 is 0 Å². The first-order chi connectivity index (χ1) is 11.8. The first kappa shape index (κ1) is 24.8. The molecule has 0 saturated heterocycles. The lowest BCUT2D eigenvalue weighted by molar-refractivity contribution is -0.124. The summed E-state index contributed by atoms with van der Waals surface area (Å²) in [7, 11) is 0. The van der Waals surface area contributed by atoms with Gasteiger partial charge in [-0.05, 0) is 58.4 Å². The van der Waals surface area contributed by atoms with Gasteiger partial charge in [0.25, 0.3) is 5.91 Å². The fraction of sp³-hybridized carbons (Fsp3) is 0.632. The summed E-state index contributed by atoms with van der Waals surface area (Å²) in [6, 6.07) is 3.76. The number of rotatable bonds is 10. The SMILES string of the molecule is CCCCNCc1cc(Cl)c(OCC(=O)NC(C)(C)C)c(OCC)c1.Cl. The van der Waals surface area contributed by atoms with E-state index in [2.05, 4.69) is 17.6 Å². The normalized spacial score (nSPS) is 10.8. The molecule has 0 fully saturated rings. The number of ether oxygens (including phenoxy) is 2. The summed E-state index contributed by atoms with van der Waals surface area (Å²) in [6.07, 6.45) is 2.29. The van der Waals surface area contributed by atoms with Crippen molar-refractivity contribution in [3.05, 3.63) is 22.7 Å². The molecule has 0 bridgehead atoms. The minimum absolute atomic E-state index is 0. The van der Waals surface area contributed by atoms with Gasteiger partial charge in [0.1, 0.15) is 0 Å². The molecule has 0 radical (unpaired) electrons. The first-order valence-corrected chi connectivity index (χ1v) is 9.24. The van der Waals surface area contributed by atoms with E-state index in [4.69, 9.17) is 21.1 Å². The number of amides is 1. The largest absolute Gasteiger partial charge is 0.490 e. The Morgan fingerprint density at radius 3 is 2.46 bits per heavy atom. The Labute approximate surface area is 168 Å².